The van der Waals surface area contributed by atoms with Crippen molar-refractivity contribution in [2.75, 3.05) is 0 Å². The molecule has 0 aromatic heterocycles. The zero-order chi connectivity index (χ0) is 7.84. The van der Waals surface area contributed by atoms with Gasteiger partial charge in [-0.25, -0.2) is 0 Å². The molecule has 0 bridgehead atoms. The Kier molecular flexibility index (Phi) is 2.83. The van der Waals surface area contributed by atoms with Crippen LogP contribution in [0.5, 0.6) is 0 Å². The Labute approximate surface area is 85.9 Å². The van der Waals surface area contributed by atoms with Gasteiger partial charge in [-0.1, -0.05) is 42.8 Å². The van der Waals surface area contributed by atoms with Gasteiger partial charge in [0.2, 0.25) is 0 Å². The normalized spacial score (nSPS) is 19.5. The third-order valence-corrected chi connectivity index (χ3v) is 2.53. The third-order valence-electron chi connectivity index (χ3n) is 2.53. The van der Waals surface area contributed by atoms with Crippen molar-refractivity contribution in [2.24, 2.45) is 0 Å². The molecule has 0 fully saturated rings. The monoisotopic (exact) mass is 152 g/mol. The molecule has 1 unspecified atom stereocenters. The average Bonchev–Trinajstić information content (AvgIpc) is 2.30. The van der Waals surface area contributed by atoms with Crippen molar-refractivity contribution in [2.45, 2.75) is 19.8 Å². The molecule has 0 heterocycles. The molecule has 1 aromatic carbocycles. The molecule has 0 amide bonds. The van der Waals surface area contributed by atoms with E-state index in [-0.39, 0.29) is 18.9 Å². The first-order valence-electron chi connectivity index (χ1n) is 4.06. The molecule has 1 aliphatic rings. The van der Waals surface area contributed by atoms with E-state index in [2.05, 4.69) is 44.2 Å². The molecule has 0 saturated carbocycles. The zero-order valence-electron chi connectivity index (χ0n) is 6.96. The van der Waals surface area contributed by atoms with Gasteiger partial charge in [0.25, 0.3) is 0 Å². The standard InChI is InChI=1S/C11H12.Li.H/c1-8-7-10-5-3-4-6-11(10)9(8)2;;/h3-7,9H,1-2H3;;. The number of rotatable bonds is 0. The van der Waals surface area contributed by atoms with Gasteiger partial charge in [0.15, 0.2) is 0 Å². The summed E-state index contributed by atoms with van der Waals surface area (Å²) >= 11 is 0. The average molecular weight is 152 g/mol. The van der Waals surface area contributed by atoms with Crippen molar-refractivity contribution in [1.82, 2.24) is 0 Å². The van der Waals surface area contributed by atoms with E-state index >= 15 is 0 Å². The van der Waals surface area contributed by atoms with E-state index in [1.807, 2.05) is 0 Å². The van der Waals surface area contributed by atoms with E-state index in [9.17, 15) is 0 Å². The number of hydrogen-bond acceptors (Lipinski definition) is 0. The second-order valence-electron chi connectivity index (χ2n) is 3.24. The molecule has 1 heteroatoms. The van der Waals surface area contributed by atoms with E-state index < -0.39 is 0 Å². The third kappa shape index (κ3) is 1.38. The Hall–Kier alpha value is -0.443. The minimum absolute atomic E-state index is 0. The van der Waals surface area contributed by atoms with Crippen molar-refractivity contribution >= 4 is 24.9 Å². The number of allylic oxidation sites excluding steroid dienone is 1. The van der Waals surface area contributed by atoms with Crippen LogP contribution in [0.25, 0.3) is 6.08 Å². The van der Waals surface area contributed by atoms with Crippen LogP contribution >= 0.6 is 0 Å². The second-order valence-corrected chi connectivity index (χ2v) is 3.24. The summed E-state index contributed by atoms with van der Waals surface area (Å²) in [6.07, 6.45) is 2.28. The molecule has 0 nitrogen and oxygen atoms in total. The fraction of sp³-hybridized carbons (Fsp3) is 0.273. The first-order valence-corrected chi connectivity index (χ1v) is 4.06. The number of hydrogen-bond donors (Lipinski definition) is 0. The molecule has 1 aliphatic carbocycles. The number of benzene rings is 1. The maximum absolute atomic E-state index is 2.28. The summed E-state index contributed by atoms with van der Waals surface area (Å²) in [6.45, 7) is 4.46. The van der Waals surface area contributed by atoms with Gasteiger partial charge in [0.05, 0.1) is 0 Å². The molecule has 0 radical (unpaired) electrons. The van der Waals surface area contributed by atoms with Gasteiger partial charge >= 0.3 is 18.9 Å². The van der Waals surface area contributed by atoms with Crippen LogP contribution in [0, 0.1) is 0 Å². The van der Waals surface area contributed by atoms with Crippen LogP contribution in [-0.4, -0.2) is 18.9 Å². The molecule has 1 aromatic rings. The van der Waals surface area contributed by atoms with E-state index in [0.717, 1.165) is 0 Å². The van der Waals surface area contributed by atoms with Crippen LogP contribution in [0.15, 0.2) is 29.8 Å². The molecule has 0 spiro atoms. The van der Waals surface area contributed by atoms with Crippen molar-refractivity contribution in [3.8, 4) is 0 Å². The maximum atomic E-state index is 2.28. The molecule has 0 N–H and O–H groups in total. The Morgan fingerprint density at radius 3 is 2.50 bits per heavy atom. The van der Waals surface area contributed by atoms with Crippen LogP contribution in [0.1, 0.15) is 30.9 Å². The predicted octanol–water partition coefficient (Wildman–Crippen LogP) is 2.56. The van der Waals surface area contributed by atoms with E-state index in [1.165, 1.54) is 16.7 Å². The second kappa shape index (κ2) is 3.52. The molecular weight excluding hydrogens is 139 g/mol. The Morgan fingerprint density at radius 1 is 1.17 bits per heavy atom. The fourth-order valence-electron chi connectivity index (χ4n) is 1.65. The topological polar surface area (TPSA) is 0 Å². The van der Waals surface area contributed by atoms with Gasteiger partial charge in [-0.15, -0.1) is 0 Å². The van der Waals surface area contributed by atoms with Crippen LogP contribution < -0.4 is 0 Å². The quantitative estimate of drug-likeness (QED) is 0.501. The first kappa shape index (κ1) is 9.64. The predicted molar refractivity (Wildman–Crippen MR) is 55.7 cm³/mol. The van der Waals surface area contributed by atoms with Crippen LogP contribution in [0.3, 0.4) is 0 Å². The van der Waals surface area contributed by atoms with Crippen molar-refractivity contribution < 1.29 is 0 Å². The fourth-order valence-corrected chi connectivity index (χ4v) is 1.65. The summed E-state index contributed by atoms with van der Waals surface area (Å²) < 4.78 is 0. The van der Waals surface area contributed by atoms with Gasteiger partial charge in [0, 0.05) is 5.92 Å². The summed E-state index contributed by atoms with van der Waals surface area (Å²) in [6, 6.07) is 8.61. The van der Waals surface area contributed by atoms with Crippen molar-refractivity contribution in [1.29, 1.82) is 0 Å². The van der Waals surface area contributed by atoms with Gasteiger partial charge in [-0.05, 0) is 18.1 Å². The summed E-state index contributed by atoms with van der Waals surface area (Å²) in [4.78, 5) is 0. The molecule has 12 heavy (non-hydrogen) atoms. The van der Waals surface area contributed by atoms with Gasteiger partial charge in [-0.2, -0.15) is 0 Å². The first-order chi connectivity index (χ1) is 5.29. The van der Waals surface area contributed by atoms with Crippen LogP contribution in [-0.2, 0) is 0 Å². The van der Waals surface area contributed by atoms with Crippen molar-refractivity contribution in [3.05, 3.63) is 41.0 Å². The summed E-state index contributed by atoms with van der Waals surface area (Å²) in [5.41, 5.74) is 4.36. The van der Waals surface area contributed by atoms with E-state index in [4.69, 9.17) is 0 Å². The minimum atomic E-state index is 0. The van der Waals surface area contributed by atoms with E-state index in [0.29, 0.717) is 5.92 Å². The van der Waals surface area contributed by atoms with E-state index in [1.54, 1.807) is 0 Å². The van der Waals surface area contributed by atoms with Gasteiger partial charge in [-0.3, -0.25) is 0 Å². The SMILES string of the molecule is CC1=Cc2ccccc2C1C.[LiH]. The summed E-state index contributed by atoms with van der Waals surface area (Å²) in [5.74, 6) is 0.631. The molecule has 1 atom stereocenters. The van der Waals surface area contributed by atoms with Gasteiger partial charge in [0.1, 0.15) is 0 Å². The van der Waals surface area contributed by atoms with Crippen LogP contribution in [0.4, 0.5) is 0 Å². The number of fused-ring (bicyclic) bond motifs is 1. The molecule has 2 rings (SSSR count). The summed E-state index contributed by atoms with van der Waals surface area (Å²) in [5, 5.41) is 0. The Balaban J connectivity index is 0.000000720. The zero-order valence-corrected chi connectivity index (χ0v) is 6.96. The Bertz CT molecular complexity index is 313. The summed E-state index contributed by atoms with van der Waals surface area (Å²) in [7, 11) is 0. The molecular formula is C11H13Li. The Morgan fingerprint density at radius 2 is 1.83 bits per heavy atom. The van der Waals surface area contributed by atoms with Gasteiger partial charge < -0.3 is 0 Å². The molecule has 58 valence electrons. The molecule has 0 aliphatic heterocycles. The van der Waals surface area contributed by atoms with Crippen molar-refractivity contribution in [3.63, 3.8) is 0 Å². The molecule has 0 saturated heterocycles. The van der Waals surface area contributed by atoms with Crippen LogP contribution in [0.2, 0.25) is 0 Å².